The molecule has 2 aromatic rings. The van der Waals surface area contributed by atoms with Gasteiger partial charge in [-0.1, -0.05) is 11.6 Å². The van der Waals surface area contributed by atoms with E-state index in [2.05, 4.69) is 15.2 Å². The molecule has 1 aliphatic rings. The first-order valence-corrected chi connectivity index (χ1v) is 8.17. The van der Waals surface area contributed by atoms with E-state index in [4.69, 9.17) is 16.0 Å². The fourth-order valence-corrected chi connectivity index (χ4v) is 3.02. The van der Waals surface area contributed by atoms with Crippen LogP contribution in [0.1, 0.15) is 24.2 Å². The highest BCUT2D eigenvalue weighted by molar-refractivity contribution is 6.30. The maximum Gasteiger partial charge on any atom is 0.229 e. The average molecular weight is 334 g/mol. The Morgan fingerprint density at radius 1 is 1.48 bits per heavy atom. The topological polar surface area (TPSA) is 58.4 Å². The molecule has 5 nitrogen and oxygen atoms in total. The van der Waals surface area contributed by atoms with Gasteiger partial charge >= 0.3 is 0 Å². The lowest BCUT2D eigenvalue weighted by atomic mass is 9.96. The molecule has 0 spiro atoms. The number of amides is 1. The molecule has 1 fully saturated rings. The molecule has 1 atom stereocenters. The molecule has 1 unspecified atom stereocenters. The molecule has 122 valence electrons. The number of piperidine rings is 1. The normalized spacial score (nSPS) is 18.8. The molecule has 2 aromatic heterocycles. The molecule has 0 bridgehead atoms. The highest BCUT2D eigenvalue weighted by atomic mass is 35.5. The molecular weight excluding hydrogens is 314 g/mol. The number of carbonyl (C=O) groups is 1. The number of halogens is 1. The minimum Gasteiger partial charge on any atom is -0.469 e. The first-order chi connectivity index (χ1) is 11.1. The Morgan fingerprint density at radius 3 is 3.04 bits per heavy atom. The third-order valence-corrected chi connectivity index (χ3v) is 4.44. The van der Waals surface area contributed by atoms with Crippen LogP contribution in [-0.2, 0) is 11.3 Å². The van der Waals surface area contributed by atoms with E-state index in [1.54, 1.807) is 18.4 Å². The van der Waals surface area contributed by atoms with Crippen LogP contribution < -0.4 is 5.32 Å². The second-order valence-electron chi connectivity index (χ2n) is 5.93. The summed E-state index contributed by atoms with van der Waals surface area (Å²) >= 11 is 5.81. The Balaban J connectivity index is 1.58. The molecule has 23 heavy (non-hydrogen) atoms. The van der Waals surface area contributed by atoms with Gasteiger partial charge in [0.05, 0.1) is 17.2 Å². The monoisotopic (exact) mass is 333 g/mol. The number of pyridine rings is 1. The number of rotatable bonds is 4. The van der Waals surface area contributed by atoms with Gasteiger partial charge in [-0.15, -0.1) is 0 Å². The van der Waals surface area contributed by atoms with Crippen LogP contribution in [-0.4, -0.2) is 28.9 Å². The predicted octanol–water partition coefficient (Wildman–Crippen LogP) is 3.49. The molecule has 3 rings (SSSR count). The summed E-state index contributed by atoms with van der Waals surface area (Å²) in [6.45, 7) is 4.55. The summed E-state index contributed by atoms with van der Waals surface area (Å²) in [5.74, 6) is 1.49. The Morgan fingerprint density at radius 2 is 2.35 bits per heavy atom. The van der Waals surface area contributed by atoms with Crippen molar-refractivity contribution >= 4 is 23.3 Å². The van der Waals surface area contributed by atoms with Crippen LogP contribution >= 0.6 is 11.6 Å². The molecule has 0 radical (unpaired) electrons. The van der Waals surface area contributed by atoms with E-state index < -0.39 is 0 Å². The SMILES string of the molecule is Cc1occc1CN1CCCC(C(=O)Nc2ccc(Cl)cn2)C1. The van der Waals surface area contributed by atoms with Crippen molar-refractivity contribution in [1.29, 1.82) is 0 Å². The summed E-state index contributed by atoms with van der Waals surface area (Å²) in [6, 6.07) is 5.44. The Labute approximate surface area is 140 Å². The molecular formula is C17H20ClN3O2. The van der Waals surface area contributed by atoms with E-state index >= 15 is 0 Å². The van der Waals surface area contributed by atoms with Crippen molar-refractivity contribution in [2.24, 2.45) is 5.92 Å². The number of aryl methyl sites for hydroxylation is 1. The van der Waals surface area contributed by atoms with Gasteiger partial charge in [-0.3, -0.25) is 9.69 Å². The second-order valence-corrected chi connectivity index (χ2v) is 6.36. The van der Waals surface area contributed by atoms with Crippen LogP contribution in [0.3, 0.4) is 0 Å². The minimum absolute atomic E-state index is 0.0200. The maximum atomic E-state index is 12.4. The lowest BCUT2D eigenvalue weighted by molar-refractivity contribution is -0.121. The highest BCUT2D eigenvalue weighted by Crippen LogP contribution is 2.21. The molecule has 1 saturated heterocycles. The Kier molecular flexibility index (Phi) is 4.98. The van der Waals surface area contributed by atoms with Crippen molar-refractivity contribution in [3.05, 3.63) is 47.0 Å². The van der Waals surface area contributed by atoms with Gasteiger partial charge in [0.25, 0.3) is 0 Å². The number of aromatic nitrogens is 1. The van der Waals surface area contributed by atoms with Gasteiger partial charge in [0.2, 0.25) is 5.91 Å². The van der Waals surface area contributed by atoms with Gasteiger partial charge in [0.1, 0.15) is 11.6 Å². The molecule has 1 N–H and O–H groups in total. The van der Waals surface area contributed by atoms with Crippen LogP contribution in [0.2, 0.25) is 5.02 Å². The van der Waals surface area contributed by atoms with E-state index in [0.29, 0.717) is 10.8 Å². The lowest BCUT2D eigenvalue weighted by Crippen LogP contribution is -2.40. The number of anilines is 1. The first kappa shape index (κ1) is 16.0. The molecule has 1 amide bonds. The Hall–Kier alpha value is -1.85. The average Bonchev–Trinajstić information content (AvgIpc) is 2.95. The van der Waals surface area contributed by atoms with Crippen LogP contribution in [0.25, 0.3) is 0 Å². The van der Waals surface area contributed by atoms with Crippen molar-refractivity contribution in [2.45, 2.75) is 26.3 Å². The van der Waals surface area contributed by atoms with Crippen molar-refractivity contribution in [3.63, 3.8) is 0 Å². The van der Waals surface area contributed by atoms with Crippen molar-refractivity contribution in [3.8, 4) is 0 Å². The summed E-state index contributed by atoms with van der Waals surface area (Å²) in [7, 11) is 0. The number of nitrogens with one attached hydrogen (secondary N) is 1. The van der Waals surface area contributed by atoms with Crippen LogP contribution in [0, 0.1) is 12.8 Å². The quantitative estimate of drug-likeness (QED) is 0.930. The fourth-order valence-electron chi connectivity index (χ4n) is 2.91. The van der Waals surface area contributed by atoms with Gasteiger partial charge in [-0.25, -0.2) is 4.98 Å². The number of nitrogens with zero attached hydrogens (tertiary/aromatic N) is 2. The van der Waals surface area contributed by atoms with Gasteiger partial charge in [-0.2, -0.15) is 0 Å². The zero-order valence-electron chi connectivity index (χ0n) is 13.1. The molecule has 0 aliphatic carbocycles. The smallest absolute Gasteiger partial charge is 0.229 e. The first-order valence-electron chi connectivity index (χ1n) is 7.79. The van der Waals surface area contributed by atoms with E-state index in [1.165, 1.54) is 11.8 Å². The van der Waals surface area contributed by atoms with Crippen LogP contribution in [0.15, 0.2) is 35.1 Å². The standard InChI is InChI=1S/C17H20ClN3O2/c1-12-13(6-8-23-12)10-21-7-2-3-14(11-21)17(22)20-16-5-4-15(18)9-19-16/h4-6,8-9,14H,2-3,7,10-11H2,1H3,(H,19,20,22). The number of hydrogen-bond acceptors (Lipinski definition) is 4. The van der Waals surface area contributed by atoms with Gasteiger partial charge in [-0.05, 0) is 44.5 Å². The van der Waals surface area contributed by atoms with Gasteiger partial charge < -0.3 is 9.73 Å². The third kappa shape index (κ3) is 4.12. The maximum absolute atomic E-state index is 12.4. The lowest BCUT2D eigenvalue weighted by Gasteiger charge is -2.31. The highest BCUT2D eigenvalue weighted by Gasteiger charge is 2.26. The summed E-state index contributed by atoms with van der Waals surface area (Å²) in [6.07, 6.45) is 5.17. The number of furan rings is 1. The van der Waals surface area contributed by atoms with Gasteiger partial charge in [0, 0.05) is 24.8 Å². The third-order valence-electron chi connectivity index (χ3n) is 4.22. The van der Waals surface area contributed by atoms with E-state index in [9.17, 15) is 4.79 Å². The summed E-state index contributed by atoms with van der Waals surface area (Å²) < 4.78 is 5.34. The zero-order valence-corrected chi connectivity index (χ0v) is 13.8. The molecule has 6 heteroatoms. The number of likely N-dealkylation sites (tertiary alicyclic amines) is 1. The summed E-state index contributed by atoms with van der Waals surface area (Å²) in [5.41, 5.74) is 1.19. The minimum atomic E-state index is -0.0200. The van der Waals surface area contributed by atoms with Crippen LogP contribution in [0.4, 0.5) is 5.82 Å². The number of hydrogen-bond donors (Lipinski definition) is 1. The summed E-state index contributed by atoms with van der Waals surface area (Å²) in [5, 5.41) is 3.43. The largest absolute Gasteiger partial charge is 0.469 e. The van der Waals surface area contributed by atoms with Gasteiger partial charge in [0.15, 0.2) is 0 Å². The number of carbonyl (C=O) groups excluding carboxylic acids is 1. The molecule has 0 saturated carbocycles. The van der Waals surface area contributed by atoms with Crippen molar-refractivity contribution in [2.75, 3.05) is 18.4 Å². The van der Waals surface area contributed by atoms with Crippen molar-refractivity contribution < 1.29 is 9.21 Å². The molecule has 1 aliphatic heterocycles. The second kappa shape index (κ2) is 7.15. The van der Waals surface area contributed by atoms with Crippen molar-refractivity contribution in [1.82, 2.24) is 9.88 Å². The molecule has 0 aromatic carbocycles. The summed E-state index contributed by atoms with van der Waals surface area (Å²) in [4.78, 5) is 18.9. The van der Waals surface area contributed by atoms with E-state index in [1.807, 2.05) is 13.0 Å². The predicted molar refractivity (Wildman–Crippen MR) is 89.3 cm³/mol. The van der Waals surface area contributed by atoms with E-state index in [0.717, 1.165) is 38.2 Å². The molecule has 3 heterocycles. The fraction of sp³-hybridized carbons (Fsp3) is 0.412. The zero-order chi connectivity index (χ0) is 16.2. The van der Waals surface area contributed by atoms with Crippen LogP contribution in [0.5, 0.6) is 0 Å². The van der Waals surface area contributed by atoms with E-state index in [-0.39, 0.29) is 11.8 Å². The Bertz CT molecular complexity index is 669.